The average molecular weight is 344 g/mol. The highest BCUT2D eigenvalue weighted by atomic mass is 14.9. The van der Waals surface area contributed by atoms with Crippen LogP contribution in [-0.2, 0) is 5.41 Å². The van der Waals surface area contributed by atoms with Crippen molar-refractivity contribution in [1.29, 1.82) is 0 Å². The molecule has 3 rings (SSSR count). The van der Waals surface area contributed by atoms with Gasteiger partial charge in [-0.2, -0.15) is 0 Å². The minimum absolute atomic E-state index is 0.136. The lowest BCUT2D eigenvalue weighted by atomic mass is 9.71. The van der Waals surface area contributed by atoms with Crippen LogP contribution < -0.4 is 5.72 Å². The van der Waals surface area contributed by atoms with E-state index >= 15 is 0 Å². The first-order valence-corrected chi connectivity index (χ1v) is 9.68. The molecule has 1 N–H and O–H groups in total. The van der Waals surface area contributed by atoms with Crippen molar-refractivity contribution in [2.45, 2.75) is 51.3 Å². The molecule has 0 bridgehead atoms. The van der Waals surface area contributed by atoms with Crippen LogP contribution in [0.2, 0.25) is 6.32 Å². The van der Waals surface area contributed by atoms with Crippen LogP contribution in [-0.4, -0.2) is 17.2 Å². The molecule has 0 atom stereocenters. The number of hydrogen-bond donors (Lipinski definition) is 1. The van der Waals surface area contributed by atoms with E-state index in [4.69, 9.17) is 0 Å². The van der Waals surface area contributed by atoms with E-state index in [0.717, 1.165) is 19.3 Å². The quantitative estimate of drug-likeness (QED) is 0.484. The molecule has 3 heteroatoms. The van der Waals surface area contributed by atoms with Crippen molar-refractivity contribution < 1.29 is 0 Å². The standard InChI is InChI=1S/C23H29BN2/c1-23(2,3)21-17-25-22(26-21)24-16-10-15-20(18-11-6-4-7-12-18)19-13-8-5-9-14-19/h4-9,11-14,17,20,24H,10,15-16H2,1-3H3,(H,25,26). The van der Waals surface area contributed by atoms with Crippen molar-refractivity contribution in [2.75, 3.05) is 0 Å². The van der Waals surface area contributed by atoms with E-state index in [1.54, 1.807) is 0 Å². The zero-order chi connectivity index (χ0) is 18.4. The molecule has 0 saturated heterocycles. The van der Waals surface area contributed by atoms with Gasteiger partial charge in [0.15, 0.2) is 0 Å². The number of nitrogens with one attached hydrogen (secondary N) is 1. The van der Waals surface area contributed by atoms with Crippen molar-refractivity contribution in [2.24, 2.45) is 0 Å². The first-order valence-electron chi connectivity index (χ1n) is 9.68. The Morgan fingerprint density at radius 3 is 2.00 bits per heavy atom. The maximum absolute atomic E-state index is 4.56. The molecule has 0 fully saturated rings. The van der Waals surface area contributed by atoms with Crippen molar-refractivity contribution in [3.63, 3.8) is 0 Å². The highest BCUT2D eigenvalue weighted by Gasteiger charge is 2.17. The van der Waals surface area contributed by atoms with Gasteiger partial charge in [-0.1, -0.05) is 94.2 Å². The Labute approximate surface area is 158 Å². The molecule has 0 aliphatic carbocycles. The molecule has 0 amide bonds. The summed E-state index contributed by atoms with van der Waals surface area (Å²) < 4.78 is 0. The molecule has 0 radical (unpaired) electrons. The molecule has 0 unspecified atom stereocenters. The predicted octanol–water partition coefficient (Wildman–Crippen LogP) is 4.80. The van der Waals surface area contributed by atoms with Crippen LogP contribution in [0.4, 0.5) is 0 Å². The third-order valence-corrected chi connectivity index (χ3v) is 5.00. The van der Waals surface area contributed by atoms with Crippen LogP contribution in [0.15, 0.2) is 66.9 Å². The molecule has 26 heavy (non-hydrogen) atoms. The monoisotopic (exact) mass is 344 g/mol. The Bertz CT molecular complexity index is 748. The predicted molar refractivity (Wildman–Crippen MR) is 113 cm³/mol. The van der Waals surface area contributed by atoms with Crippen LogP contribution in [0.3, 0.4) is 0 Å². The lowest BCUT2D eigenvalue weighted by molar-refractivity contribution is 0.573. The van der Waals surface area contributed by atoms with Gasteiger partial charge in [-0.25, -0.2) is 0 Å². The molecule has 3 aromatic rings. The first kappa shape index (κ1) is 18.5. The lowest BCUT2D eigenvalue weighted by Crippen LogP contribution is -2.20. The minimum atomic E-state index is 0.136. The van der Waals surface area contributed by atoms with Crippen LogP contribution >= 0.6 is 0 Å². The van der Waals surface area contributed by atoms with E-state index in [0.29, 0.717) is 5.92 Å². The SMILES string of the molecule is CC(C)(C)c1cnc(BCCCC(c2ccccc2)c2ccccc2)[nH]1. The average Bonchev–Trinajstić information content (AvgIpc) is 3.13. The Kier molecular flexibility index (Phi) is 5.98. The second-order valence-electron chi connectivity index (χ2n) is 8.11. The third-order valence-electron chi connectivity index (χ3n) is 5.00. The van der Waals surface area contributed by atoms with Crippen LogP contribution in [0, 0.1) is 0 Å². The highest BCUT2D eigenvalue weighted by Crippen LogP contribution is 2.29. The van der Waals surface area contributed by atoms with Gasteiger partial charge in [0.2, 0.25) is 7.28 Å². The van der Waals surface area contributed by atoms with Crippen LogP contribution in [0.1, 0.15) is 56.4 Å². The van der Waals surface area contributed by atoms with Crippen molar-refractivity contribution in [3.8, 4) is 0 Å². The summed E-state index contributed by atoms with van der Waals surface area (Å²) in [5.41, 5.74) is 5.29. The fraction of sp³-hybridized carbons (Fsp3) is 0.348. The molecule has 1 aromatic heterocycles. The maximum atomic E-state index is 4.56. The molecule has 134 valence electrons. The van der Waals surface area contributed by atoms with E-state index in [-0.39, 0.29) is 5.41 Å². The minimum Gasteiger partial charge on any atom is -0.354 e. The summed E-state index contributed by atoms with van der Waals surface area (Å²) >= 11 is 0. The summed E-state index contributed by atoms with van der Waals surface area (Å²) in [5, 5.41) is 0. The van der Waals surface area contributed by atoms with Crippen molar-refractivity contribution in [1.82, 2.24) is 9.97 Å². The molecule has 2 nitrogen and oxygen atoms in total. The van der Waals surface area contributed by atoms with E-state index in [9.17, 15) is 0 Å². The number of imidazole rings is 1. The molecule has 0 aliphatic heterocycles. The van der Waals surface area contributed by atoms with Crippen LogP contribution in [0.5, 0.6) is 0 Å². The van der Waals surface area contributed by atoms with Gasteiger partial charge in [-0.3, -0.25) is 4.98 Å². The number of nitrogens with zero attached hydrogens (tertiary/aromatic N) is 1. The molecular weight excluding hydrogens is 315 g/mol. The number of rotatable bonds is 7. The molecule has 0 saturated carbocycles. The molecule has 0 spiro atoms. The Hall–Kier alpha value is -2.29. The summed E-state index contributed by atoms with van der Waals surface area (Å²) in [6.45, 7) is 6.65. The highest BCUT2D eigenvalue weighted by molar-refractivity contribution is 6.51. The van der Waals surface area contributed by atoms with E-state index in [1.807, 2.05) is 6.20 Å². The van der Waals surface area contributed by atoms with Gasteiger partial charge in [-0.15, -0.1) is 0 Å². The molecule has 0 aliphatic rings. The molecule has 2 aromatic carbocycles. The summed E-state index contributed by atoms with van der Waals surface area (Å²) in [4.78, 5) is 8.05. The summed E-state index contributed by atoms with van der Waals surface area (Å²) in [5.74, 6) is 0.471. The topological polar surface area (TPSA) is 28.7 Å². The van der Waals surface area contributed by atoms with Gasteiger partial charge < -0.3 is 4.98 Å². The van der Waals surface area contributed by atoms with E-state index in [1.165, 1.54) is 29.7 Å². The second kappa shape index (κ2) is 8.40. The number of aromatic amines is 1. The second-order valence-corrected chi connectivity index (χ2v) is 8.11. The zero-order valence-electron chi connectivity index (χ0n) is 16.2. The molecule has 1 heterocycles. The first-order chi connectivity index (χ1) is 12.5. The summed E-state index contributed by atoms with van der Waals surface area (Å²) in [6, 6.07) is 21.7. The van der Waals surface area contributed by atoms with Gasteiger partial charge in [0.1, 0.15) is 0 Å². The molecular formula is C23H29BN2. The fourth-order valence-corrected chi connectivity index (χ4v) is 3.41. The number of aromatic nitrogens is 2. The van der Waals surface area contributed by atoms with Crippen molar-refractivity contribution >= 4 is 13.0 Å². The zero-order valence-corrected chi connectivity index (χ0v) is 16.2. The Morgan fingerprint density at radius 1 is 0.923 bits per heavy atom. The van der Waals surface area contributed by atoms with Gasteiger partial charge in [0.25, 0.3) is 0 Å². The lowest BCUT2D eigenvalue weighted by Gasteiger charge is -2.18. The summed E-state index contributed by atoms with van der Waals surface area (Å²) in [7, 11) is 1.02. The Balaban J connectivity index is 1.59. The van der Waals surface area contributed by atoms with Gasteiger partial charge in [0.05, 0.1) is 5.72 Å². The van der Waals surface area contributed by atoms with Crippen LogP contribution in [0.25, 0.3) is 0 Å². The summed E-state index contributed by atoms with van der Waals surface area (Å²) in [6.07, 6.45) is 5.51. The number of hydrogen-bond acceptors (Lipinski definition) is 1. The van der Waals surface area contributed by atoms with E-state index in [2.05, 4.69) is 91.4 Å². The number of H-pyrrole nitrogens is 1. The van der Waals surface area contributed by atoms with E-state index < -0.39 is 0 Å². The third kappa shape index (κ3) is 4.88. The fourth-order valence-electron chi connectivity index (χ4n) is 3.41. The normalized spacial score (nSPS) is 11.7. The maximum Gasteiger partial charge on any atom is 0.204 e. The van der Waals surface area contributed by atoms with Gasteiger partial charge in [-0.05, 0) is 17.5 Å². The smallest absolute Gasteiger partial charge is 0.204 e. The largest absolute Gasteiger partial charge is 0.354 e. The van der Waals surface area contributed by atoms with Crippen molar-refractivity contribution in [3.05, 3.63) is 83.7 Å². The van der Waals surface area contributed by atoms with Gasteiger partial charge in [0, 0.05) is 23.2 Å². The Morgan fingerprint density at radius 2 is 1.50 bits per heavy atom. The van der Waals surface area contributed by atoms with Gasteiger partial charge >= 0.3 is 0 Å². The number of benzene rings is 2.